The van der Waals surface area contributed by atoms with E-state index in [9.17, 15) is 9.59 Å². The lowest BCUT2D eigenvalue weighted by molar-refractivity contribution is 0.697. The van der Waals surface area contributed by atoms with E-state index >= 15 is 0 Å². The summed E-state index contributed by atoms with van der Waals surface area (Å²) < 4.78 is 6.29. The van der Waals surface area contributed by atoms with Gasteiger partial charge < -0.3 is 9.13 Å². The molecule has 0 atom stereocenters. The fourth-order valence-corrected chi connectivity index (χ4v) is 2.08. The van der Waals surface area contributed by atoms with Crippen molar-refractivity contribution in [2.75, 3.05) is 0 Å². The summed E-state index contributed by atoms with van der Waals surface area (Å²) in [7, 11) is 6.54. The molecule has 0 aromatic carbocycles. The van der Waals surface area contributed by atoms with Gasteiger partial charge in [-0.3, -0.25) is 13.9 Å². The van der Waals surface area contributed by atoms with Gasteiger partial charge in [0.15, 0.2) is 10.3 Å². The summed E-state index contributed by atoms with van der Waals surface area (Å²) in [5, 5.41) is 0. The monoisotopic (exact) mass is 240 g/mol. The second-order valence-electron chi connectivity index (χ2n) is 3.78. The summed E-state index contributed by atoms with van der Waals surface area (Å²) in [5.74, 6) is 0. The van der Waals surface area contributed by atoms with Crippen LogP contribution in [0.25, 0.3) is 11.2 Å². The van der Waals surface area contributed by atoms with Crippen molar-refractivity contribution in [1.29, 1.82) is 0 Å². The van der Waals surface area contributed by atoms with Crippen molar-refractivity contribution in [3.63, 3.8) is 0 Å². The van der Waals surface area contributed by atoms with Crippen LogP contribution in [0.5, 0.6) is 0 Å². The Morgan fingerprint density at radius 1 is 0.875 bits per heavy atom. The molecule has 0 saturated heterocycles. The van der Waals surface area contributed by atoms with Crippen molar-refractivity contribution in [2.45, 2.75) is 0 Å². The Morgan fingerprint density at radius 3 is 2.00 bits per heavy atom. The molecule has 0 aliphatic heterocycles. The van der Waals surface area contributed by atoms with Crippen LogP contribution in [0.4, 0.5) is 0 Å². The molecule has 0 aliphatic rings. The zero-order chi connectivity index (χ0) is 12.2. The average Bonchev–Trinajstić information content (AvgIpc) is 2.48. The first-order valence-corrected chi connectivity index (χ1v) is 5.10. The standard InChI is InChI=1S/C9H12N4O2S/c1-10-5-6(12(3)9(10)16)11(2)8(15)13(4)7(5)14/h1-4H3. The van der Waals surface area contributed by atoms with Crippen molar-refractivity contribution >= 4 is 23.4 Å². The maximum atomic E-state index is 12.0. The molecule has 0 amide bonds. The van der Waals surface area contributed by atoms with E-state index in [1.165, 1.54) is 11.6 Å². The van der Waals surface area contributed by atoms with Crippen LogP contribution < -0.4 is 11.2 Å². The Balaban J connectivity index is 3.36. The van der Waals surface area contributed by atoms with Gasteiger partial charge in [-0.15, -0.1) is 0 Å². The molecule has 0 saturated carbocycles. The number of aryl methyl sites for hydroxylation is 3. The minimum Gasteiger partial charge on any atom is -0.314 e. The van der Waals surface area contributed by atoms with Crippen LogP contribution in [0.15, 0.2) is 9.59 Å². The molecule has 2 aromatic heterocycles. The third-order valence-corrected chi connectivity index (χ3v) is 3.39. The van der Waals surface area contributed by atoms with Crippen molar-refractivity contribution in [1.82, 2.24) is 18.3 Å². The number of imidazole rings is 1. The number of rotatable bonds is 0. The zero-order valence-corrected chi connectivity index (χ0v) is 10.3. The van der Waals surface area contributed by atoms with Crippen LogP contribution in [0.2, 0.25) is 0 Å². The third-order valence-electron chi connectivity index (χ3n) is 2.84. The Kier molecular flexibility index (Phi) is 2.16. The SMILES string of the molecule is Cn1c(=O)c2c(n(C)c1=O)n(C)c(=S)n2C. The molecule has 6 nitrogen and oxygen atoms in total. The van der Waals surface area contributed by atoms with Gasteiger partial charge >= 0.3 is 5.69 Å². The summed E-state index contributed by atoms with van der Waals surface area (Å²) >= 11 is 5.16. The van der Waals surface area contributed by atoms with E-state index in [0.717, 1.165) is 4.57 Å². The normalized spacial score (nSPS) is 11.2. The fourth-order valence-electron chi connectivity index (χ4n) is 1.90. The molecule has 86 valence electrons. The van der Waals surface area contributed by atoms with Crippen LogP contribution in [0, 0.1) is 4.77 Å². The molecule has 0 radical (unpaired) electrons. The highest BCUT2D eigenvalue weighted by atomic mass is 32.1. The molecule has 2 rings (SSSR count). The molecule has 0 fully saturated rings. The molecular weight excluding hydrogens is 228 g/mol. The van der Waals surface area contributed by atoms with Gasteiger partial charge in [0.2, 0.25) is 0 Å². The quantitative estimate of drug-likeness (QED) is 0.591. The van der Waals surface area contributed by atoms with Crippen LogP contribution in [-0.2, 0) is 28.2 Å². The topological polar surface area (TPSA) is 53.9 Å². The zero-order valence-electron chi connectivity index (χ0n) is 9.51. The highest BCUT2D eigenvalue weighted by Crippen LogP contribution is 2.08. The lowest BCUT2D eigenvalue weighted by Gasteiger charge is -2.04. The summed E-state index contributed by atoms with van der Waals surface area (Å²) in [5.41, 5.74) is 0.304. The van der Waals surface area contributed by atoms with E-state index in [1.54, 1.807) is 30.3 Å². The molecular formula is C9H12N4O2S. The van der Waals surface area contributed by atoms with Crippen molar-refractivity contribution in [3.8, 4) is 0 Å². The summed E-state index contributed by atoms with van der Waals surface area (Å²) in [6.45, 7) is 0. The number of fused-ring (bicyclic) bond motifs is 1. The first kappa shape index (κ1) is 10.9. The van der Waals surface area contributed by atoms with Crippen LogP contribution >= 0.6 is 12.2 Å². The number of hydrogen-bond acceptors (Lipinski definition) is 3. The van der Waals surface area contributed by atoms with Gasteiger partial charge in [0.1, 0.15) is 5.65 Å². The van der Waals surface area contributed by atoms with E-state index in [0.29, 0.717) is 15.9 Å². The predicted octanol–water partition coefficient (Wildman–Crippen LogP) is -0.356. The van der Waals surface area contributed by atoms with Gasteiger partial charge in [-0.25, -0.2) is 4.79 Å². The number of hydrogen-bond donors (Lipinski definition) is 0. The second kappa shape index (κ2) is 3.18. The van der Waals surface area contributed by atoms with Gasteiger partial charge in [-0.1, -0.05) is 0 Å². The van der Waals surface area contributed by atoms with Crippen molar-refractivity contribution in [3.05, 3.63) is 25.6 Å². The number of nitrogens with zero attached hydrogens (tertiary/aromatic N) is 4. The summed E-state index contributed by atoms with van der Waals surface area (Å²) in [6, 6.07) is 0. The summed E-state index contributed by atoms with van der Waals surface area (Å²) in [6.07, 6.45) is 0. The van der Waals surface area contributed by atoms with E-state index < -0.39 is 0 Å². The third kappa shape index (κ3) is 1.09. The molecule has 0 spiro atoms. The second-order valence-corrected chi connectivity index (χ2v) is 4.14. The van der Waals surface area contributed by atoms with Gasteiger partial charge in [0.25, 0.3) is 5.56 Å². The summed E-state index contributed by atoms with van der Waals surface area (Å²) in [4.78, 5) is 23.7. The van der Waals surface area contributed by atoms with Crippen LogP contribution in [0.3, 0.4) is 0 Å². The molecule has 2 aromatic rings. The highest BCUT2D eigenvalue weighted by molar-refractivity contribution is 7.71. The van der Waals surface area contributed by atoms with E-state index in [-0.39, 0.29) is 11.2 Å². The number of aromatic nitrogens is 4. The fraction of sp³-hybridized carbons (Fsp3) is 0.444. The molecule has 0 unspecified atom stereocenters. The van der Waals surface area contributed by atoms with Crippen molar-refractivity contribution in [2.24, 2.45) is 28.2 Å². The predicted molar refractivity (Wildman–Crippen MR) is 63.2 cm³/mol. The Bertz CT molecular complexity index is 759. The van der Waals surface area contributed by atoms with Gasteiger partial charge in [-0.05, 0) is 12.2 Å². The van der Waals surface area contributed by atoms with Gasteiger partial charge in [-0.2, -0.15) is 0 Å². The van der Waals surface area contributed by atoms with Gasteiger partial charge in [0.05, 0.1) is 0 Å². The maximum absolute atomic E-state index is 12.0. The largest absolute Gasteiger partial charge is 0.332 e. The van der Waals surface area contributed by atoms with E-state index in [2.05, 4.69) is 0 Å². The minimum absolute atomic E-state index is 0.327. The van der Waals surface area contributed by atoms with Crippen LogP contribution in [0.1, 0.15) is 0 Å². The minimum atomic E-state index is -0.353. The molecule has 0 bridgehead atoms. The van der Waals surface area contributed by atoms with Crippen molar-refractivity contribution < 1.29 is 0 Å². The first-order valence-electron chi connectivity index (χ1n) is 4.69. The maximum Gasteiger partial charge on any atom is 0.332 e. The Hall–Kier alpha value is -1.63. The smallest absolute Gasteiger partial charge is 0.314 e. The molecule has 2 heterocycles. The molecule has 0 N–H and O–H groups in total. The lowest BCUT2D eigenvalue weighted by atomic mass is 10.5. The van der Waals surface area contributed by atoms with E-state index in [4.69, 9.17) is 12.2 Å². The Morgan fingerprint density at radius 2 is 1.44 bits per heavy atom. The molecule has 0 aliphatic carbocycles. The van der Waals surface area contributed by atoms with Gasteiger partial charge in [0, 0.05) is 28.2 Å². The molecule has 7 heteroatoms. The average molecular weight is 240 g/mol. The first-order chi connectivity index (χ1) is 7.37. The lowest BCUT2D eigenvalue weighted by Crippen LogP contribution is -2.37. The molecule has 16 heavy (non-hydrogen) atoms. The Labute approximate surface area is 96.0 Å². The highest BCUT2D eigenvalue weighted by Gasteiger charge is 2.15. The van der Waals surface area contributed by atoms with Crippen LogP contribution in [-0.4, -0.2) is 18.3 Å². The van der Waals surface area contributed by atoms with E-state index in [1.807, 2.05) is 0 Å².